The van der Waals surface area contributed by atoms with Crippen LogP contribution in [0.1, 0.15) is 25.7 Å². The van der Waals surface area contributed by atoms with Crippen molar-refractivity contribution >= 4 is 50.0 Å². The number of nitrogens with zero attached hydrogens (tertiary/aromatic N) is 4. The van der Waals surface area contributed by atoms with Gasteiger partial charge >= 0.3 is 0 Å². The first kappa shape index (κ1) is 24.0. The molecule has 1 atom stereocenters. The molecule has 0 saturated carbocycles. The number of piperidine rings is 2. The van der Waals surface area contributed by atoms with E-state index in [9.17, 15) is 22.0 Å². The van der Waals surface area contributed by atoms with Crippen molar-refractivity contribution in [1.82, 2.24) is 14.9 Å². The van der Waals surface area contributed by atoms with E-state index in [-0.39, 0.29) is 17.6 Å². The first-order valence-corrected chi connectivity index (χ1v) is 13.6. The quantitative estimate of drug-likeness (QED) is 0.535. The number of carbonyl (C=O) groups excluding carboxylic acids is 1. The van der Waals surface area contributed by atoms with E-state index in [4.69, 9.17) is 0 Å². The summed E-state index contributed by atoms with van der Waals surface area (Å²) in [7, 11) is -3.90. The topological polar surface area (TPSA) is 95.5 Å². The molecule has 1 amide bonds. The fraction of sp³-hybridized carbons (Fsp3) is 0.476. The number of benzene rings is 1. The van der Waals surface area contributed by atoms with Gasteiger partial charge in [0.1, 0.15) is 22.6 Å². The molecule has 8 nitrogen and oxygen atoms in total. The van der Waals surface area contributed by atoms with Crippen molar-refractivity contribution in [3.8, 4) is 0 Å². The molecule has 2 aliphatic heterocycles. The number of aromatic nitrogens is 2. The maximum Gasteiger partial charge on any atom is 0.245 e. The van der Waals surface area contributed by atoms with Crippen molar-refractivity contribution in [2.75, 3.05) is 36.1 Å². The van der Waals surface area contributed by atoms with E-state index in [1.165, 1.54) is 0 Å². The lowest BCUT2D eigenvalue weighted by Crippen LogP contribution is -2.54. The van der Waals surface area contributed by atoms with Crippen LogP contribution in [0.3, 0.4) is 0 Å². The van der Waals surface area contributed by atoms with Crippen molar-refractivity contribution < 1.29 is 22.0 Å². The van der Waals surface area contributed by atoms with Gasteiger partial charge in [0.25, 0.3) is 0 Å². The minimum absolute atomic E-state index is 0.0522. The predicted molar refractivity (Wildman–Crippen MR) is 128 cm³/mol. The van der Waals surface area contributed by atoms with Crippen molar-refractivity contribution in [3.05, 3.63) is 39.7 Å². The van der Waals surface area contributed by atoms with Gasteiger partial charge in [0.2, 0.25) is 11.9 Å². The molecule has 178 valence electrons. The third-order valence-corrected chi connectivity index (χ3v) is 7.69. The summed E-state index contributed by atoms with van der Waals surface area (Å²) in [5.74, 6) is -1.44. The highest BCUT2D eigenvalue weighted by Gasteiger charge is 2.35. The second-order valence-electron chi connectivity index (χ2n) is 8.32. The molecule has 0 radical (unpaired) electrons. The molecule has 4 rings (SSSR count). The molecule has 0 spiro atoms. The summed E-state index contributed by atoms with van der Waals surface area (Å²) >= 11 is 2.16. The Bertz CT molecular complexity index is 1140. The maximum atomic E-state index is 14.5. The number of amides is 1. The molecular formula is C21H24F2IN5O3S. The van der Waals surface area contributed by atoms with Gasteiger partial charge in [-0.2, -0.15) is 0 Å². The van der Waals surface area contributed by atoms with Crippen LogP contribution in [0.5, 0.6) is 0 Å². The summed E-state index contributed by atoms with van der Waals surface area (Å²) in [5.41, 5.74) is -0.217. The number of hydrogen-bond donors (Lipinski definition) is 1. The molecule has 1 aromatic carbocycles. The van der Waals surface area contributed by atoms with Crippen molar-refractivity contribution in [3.63, 3.8) is 0 Å². The Labute approximate surface area is 204 Å². The number of halogens is 3. The molecule has 0 bridgehead atoms. The normalized spacial score (nSPS) is 20.2. The van der Waals surface area contributed by atoms with E-state index in [2.05, 4.69) is 42.8 Å². The van der Waals surface area contributed by atoms with Gasteiger partial charge in [-0.1, -0.05) is 0 Å². The first-order valence-electron chi connectivity index (χ1n) is 10.6. The third kappa shape index (κ3) is 5.36. The Morgan fingerprint density at radius 2 is 1.73 bits per heavy atom. The molecule has 33 heavy (non-hydrogen) atoms. The van der Waals surface area contributed by atoms with Crippen LogP contribution < -0.4 is 10.2 Å². The Hall–Kier alpha value is -2.09. The van der Waals surface area contributed by atoms with Gasteiger partial charge in [0.05, 0.1) is 5.69 Å². The lowest BCUT2D eigenvalue weighted by atomic mass is 9.97. The number of hydrogen-bond acceptors (Lipinski definition) is 7. The summed E-state index contributed by atoms with van der Waals surface area (Å²) in [6.07, 6.45) is 7.10. The van der Waals surface area contributed by atoms with Crippen LogP contribution in [0.4, 0.5) is 20.4 Å². The maximum absolute atomic E-state index is 14.5. The van der Waals surface area contributed by atoms with Gasteiger partial charge in [-0.3, -0.25) is 4.79 Å². The number of rotatable bonds is 5. The van der Waals surface area contributed by atoms with Crippen LogP contribution in [0, 0.1) is 15.2 Å². The minimum atomic E-state index is -3.90. The molecule has 2 aromatic rings. The van der Waals surface area contributed by atoms with Gasteiger partial charge < -0.3 is 15.1 Å². The third-order valence-electron chi connectivity index (χ3n) is 6.02. The molecule has 0 aliphatic carbocycles. The first-order chi connectivity index (χ1) is 15.6. The van der Waals surface area contributed by atoms with Gasteiger partial charge in [-0.15, -0.1) is 0 Å². The number of anilines is 2. The zero-order chi connectivity index (χ0) is 23.8. The minimum Gasteiger partial charge on any atom is -0.371 e. The van der Waals surface area contributed by atoms with Crippen molar-refractivity contribution in [1.29, 1.82) is 0 Å². The number of carbonyl (C=O) groups is 1. The van der Waals surface area contributed by atoms with E-state index in [1.54, 1.807) is 12.4 Å². The molecule has 2 saturated heterocycles. The fourth-order valence-corrected chi connectivity index (χ4v) is 5.36. The Balaban J connectivity index is 1.42. The SMILES string of the molecule is CS(=O)(=O)c1cc(F)c(N[C@H]2CCCN(C3CCN(c4ncc(I)cn4)CC3)C2=O)cc1F. The van der Waals surface area contributed by atoms with Crippen LogP contribution >= 0.6 is 22.6 Å². The second-order valence-corrected chi connectivity index (χ2v) is 11.6. The summed E-state index contributed by atoms with van der Waals surface area (Å²) in [5, 5.41) is 2.80. The lowest BCUT2D eigenvalue weighted by molar-refractivity contribution is -0.137. The molecular weight excluding hydrogens is 567 g/mol. The van der Waals surface area contributed by atoms with Gasteiger partial charge in [0, 0.05) is 54.0 Å². The van der Waals surface area contributed by atoms with E-state index < -0.39 is 32.4 Å². The smallest absolute Gasteiger partial charge is 0.245 e. The Morgan fingerprint density at radius 3 is 2.36 bits per heavy atom. The Kier molecular flexibility index (Phi) is 7.03. The van der Waals surface area contributed by atoms with Crippen molar-refractivity contribution in [2.45, 2.75) is 42.7 Å². The van der Waals surface area contributed by atoms with Crippen LogP contribution in [0.2, 0.25) is 0 Å². The predicted octanol–water partition coefficient (Wildman–Crippen LogP) is 2.83. The van der Waals surface area contributed by atoms with E-state index in [1.807, 2.05) is 4.90 Å². The second kappa shape index (κ2) is 9.65. The highest BCUT2D eigenvalue weighted by Crippen LogP contribution is 2.28. The molecule has 1 aromatic heterocycles. The summed E-state index contributed by atoms with van der Waals surface area (Å²) in [4.78, 5) is 25.1. The molecule has 2 fully saturated rings. The van der Waals surface area contributed by atoms with Crippen molar-refractivity contribution in [2.24, 2.45) is 0 Å². The molecule has 2 aliphatic rings. The van der Waals surface area contributed by atoms with E-state index in [0.717, 1.165) is 48.2 Å². The summed E-state index contributed by atoms with van der Waals surface area (Å²) in [6.45, 7) is 2.06. The molecule has 1 N–H and O–H groups in total. The largest absolute Gasteiger partial charge is 0.371 e. The highest BCUT2D eigenvalue weighted by molar-refractivity contribution is 14.1. The van der Waals surface area contributed by atoms with Crippen LogP contribution in [0.15, 0.2) is 29.4 Å². The summed E-state index contributed by atoms with van der Waals surface area (Å²) in [6, 6.07) is 0.809. The number of likely N-dealkylation sites (tertiary alicyclic amines) is 1. The molecule has 0 unspecified atom stereocenters. The van der Waals surface area contributed by atoms with Crippen LogP contribution in [-0.4, -0.2) is 67.2 Å². The average molecular weight is 591 g/mol. The van der Waals surface area contributed by atoms with E-state index in [0.29, 0.717) is 25.0 Å². The number of sulfone groups is 1. The van der Waals surface area contributed by atoms with Gasteiger partial charge in [0.15, 0.2) is 9.84 Å². The highest BCUT2D eigenvalue weighted by atomic mass is 127. The average Bonchev–Trinajstić information content (AvgIpc) is 2.77. The molecule has 3 heterocycles. The van der Waals surface area contributed by atoms with Crippen LogP contribution in [0.25, 0.3) is 0 Å². The standard InChI is InChI=1S/C21H24F2IN5O3S/c1-33(31,32)19-10-15(22)18(9-16(19)23)27-17-3-2-6-29(20(17)30)14-4-7-28(8-5-14)21-25-11-13(24)12-26-21/h9-12,14,17,27H,2-8H2,1H3/t17-/m0/s1. The lowest BCUT2D eigenvalue weighted by Gasteiger charge is -2.42. The summed E-state index contributed by atoms with van der Waals surface area (Å²) < 4.78 is 52.9. The van der Waals surface area contributed by atoms with E-state index >= 15 is 0 Å². The monoisotopic (exact) mass is 591 g/mol. The number of nitrogens with one attached hydrogen (secondary N) is 1. The van der Waals surface area contributed by atoms with Crippen LogP contribution in [-0.2, 0) is 14.6 Å². The molecule has 12 heteroatoms. The fourth-order valence-electron chi connectivity index (χ4n) is 4.35. The van der Waals surface area contributed by atoms with Gasteiger partial charge in [-0.05, 0) is 54.3 Å². The zero-order valence-electron chi connectivity index (χ0n) is 18.0. The Morgan fingerprint density at radius 1 is 1.06 bits per heavy atom. The zero-order valence-corrected chi connectivity index (χ0v) is 20.9. The van der Waals surface area contributed by atoms with Gasteiger partial charge in [-0.25, -0.2) is 27.2 Å².